The Morgan fingerprint density at radius 3 is 2.68 bits per heavy atom. The van der Waals surface area contributed by atoms with Gasteiger partial charge >= 0.3 is 0 Å². The minimum absolute atomic E-state index is 0.111. The van der Waals surface area contributed by atoms with Crippen LogP contribution in [0.2, 0.25) is 0 Å². The minimum atomic E-state index is -3.63. The van der Waals surface area contributed by atoms with E-state index < -0.39 is 10.0 Å². The van der Waals surface area contributed by atoms with E-state index in [0.717, 1.165) is 5.69 Å². The summed E-state index contributed by atoms with van der Waals surface area (Å²) >= 11 is 0. The molecule has 0 atom stereocenters. The van der Waals surface area contributed by atoms with Crippen molar-refractivity contribution in [3.63, 3.8) is 0 Å². The first kappa shape index (κ1) is 13.5. The number of anilines is 1. The van der Waals surface area contributed by atoms with Crippen LogP contribution >= 0.6 is 0 Å². The van der Waals surface area contributed by atoms with Crippen LogP contribution in [0.3, 0.4) is 0 Å². The predicted octanol–water partition coefficient (Wildman–Crippen LogP) is 0.184. The number of para-hydroxylation sites is 1. The first-order chi connectivity index (χ1) is 9.04. The largest absolute Gasteiger partial charge is 0.323 e. The van der Waals surface area contributed by atoms with Crippen molar-refractivity contribution in [3.8, 4) is 0 Å². The molecule has 0 amide bonds. The molecule has 102 valence electrons. The van der Waals surface area contributed by atoms with E-state index in [0.29, 0.717) is 5.69 Å². The average Bonchev–Trinajstić information content (AvgIpc) is 2.82. The lowest BCUT2D eigenvalue weighted by molar-refractivity contribution is 0.577. The summed E-state index contributed by atoms with van der Waals surface area (Å²) in [5.41, 5.74) is 3.48. The van der Waals surface area contributed by atoms with Crippen LogP contribution in [0, 0.1) is 0 Å². The summed E-state index contributed by atoms with van der Waals surface area (Å²) in [6.45, 7) is 0.164. The van der Waals surface area contributed by atoms with E-state index in [1.54, 1.807) is 42.2 Å². The molecule has 0 spiro atoms. The van der Waals surface area contributed by atoms with Crippen LogP contribution in [-0.4, -0.2) is 18.2 Å². The highest BCUT2D eigenvalue weighted by Crippen LogP contribution is 2.19. The third kappa shape index (κ3) is 2.92. The van der Waals surface area contributed by atoms with Gasteiger partial charge in [0, 0.05) is 13.2 Å². The number of hydrazine groups is 1. The zero-order valence-corrected chi connectivity index (χ0v) is 11.2. The van der Waals surface area contributed by atoms with Gasteiger partial charge in [-0.15, -0.1) is 0 Å². The molecule has 8 heteroatoms. The van der Waals surface area contributed by atoms with Crippen LogP contribution in [0.1, 0.15) is 5.69 Å². The molecule has 0 aliphatic rings. The summed E-state index contributed by atoms with van der Waals surface area (Å²) < 4.78 is 28.5. The summed E-state index contributed by atoms with van der Waals surface area (Å²) in [7, 11) is -1.88. The Morgan fingerprint density at radius 1 is 1.32 bits per heavy atom. The van der Waals surface area contributed by atoms with Gasteiger partial charge in [-0.2, -0.15) is 5.10 Å². The van der Waals surface area contributed by atoms with Crippen molar-refractivity contribution in [1.82, 2.24) is 14.5 Å². The molecule has 7 nitrogen and oxygen atoms in total. The number of aromatic nitrogens is 2. The maximum absolute atomic E-state index is 12.2. The van der Waals surface area contributed by atoms with E-state index >= 15 is 0 Å². The second kappa shape index (κ2) is 5.39. The number of aryl methyl sites for hydroxylation is 1. The van der Waals surface area contributed by atoms with Crippen molar-refractivity contribution in [2.45, 2.75) is 11.4 Å². The van der Waals surface area contributed by atoms with Gasteiger partial charge in [-0.1, -0.05) is 12.1 Å². The summed E-state index contributed by atoms with van der Waals surface area (Å²) in [5.74, 6) is 5.31. The number of rotatable bonds is 5. The van der Waals surface area contributed by atoms with Gasteiger partial charge in [0.2, 0.25) is 10.0 Å². The average molecular weight is 281 g/mol. The van der Waals surface area contributed by atoms with Gasteiger partial charge in [0.25, 0.3) is 0 Å². The molecule has 1 aromatic heterocycles. The normalized spacial score (nSPS) is 11.5. The Balaban J connectivity index is 2.21. The molecule has 1 heterocycles. The molecule has 0 aliphatic heterocycles. The smallest absolute Gasteiger partial charge is 0.243 e. The predicted molar refractivity (Wildman–Crippen MR) is 71.5 cm³/mol. The lowest BCUT2D eigenvalue weighted by Gasteiger charge is -2.10. The summed E-state index contributed by atoms with van der Waals surface area (Å²) in [4.78, 5) is 0.111. The summed E-state index contributed by atoms with van der Waals surface area (Å²) in [6, 6.07) is 8.17. The number of hydrogen-bond acceptors (Lipinski definition) is 5. The van der Waals surface area contributed by atoms with Crippen LogP contribution in [-0.2, 0) is 23.6 Å². The molecule has 0 radical (unpaired) electrons. The zero-order valence-electron chi connectivity index (χ0n) is 10.4. The second-order valence-electron chi connectivity index (χ2n) is 3.91. The number of benzene rings is 1. The molecule has 2 aromatic rings. The number of hydrogen-bond donors (Lipinski definition) is 3. The van der Waals surface area contributed by atoms with Crippen LogP contribution in [0.4, 0.5) is 5.69 Å². The van der Waals surface area contributed by atoms with Crippen molar-refractivity contribution in [2.75, 3.05) is 5.43 Å². The van der Waals surface area contributed by atoms with Crippen molar-refractivity contribution in [3.05, 3.63) is 42.2 Å². The Bertz CT molecular complexity index is 665. The lowest BCUT2D eigenvalue weighted by Crippen LogP contribution is -2.26. The molecule has 1 aromatic carbocycles. The maximum atomic E-state index is 12.2. The van der Waals surface area contributed by atoms with Crippen molar-refractivity contribution in [2.24, 2.45) is 12.9 Å². The monoisotopic (exact) mass is 281 g/mol. The maximum Gasteiger partial charge on any atom is 0.243 e. The molecule has 0 saturated heterocycles. The third-order valence-corrected chi connectivity index (χ3v) is 4.16. The molecule has 2 rings (SSSR count). The van der Waals surface area contributed by atoms with Crippen molar-refractivity contribution >= 4 is 15.7 Å². The van der Waals surface area contributed by atoms with E-state index in [4.69, 9.17) is 5.84 Å². The first-order valence-electron chi connectivity index (χ1n) is 5.57. The fourth-order valence-corrected chi connectivity index (χ4v) is 2.81. The van der Waals surface area contributed by atoms with Gasteiger partial charge in [0.1, 0.15) is 4.90 Å². The quantitative estimate of drug-likeness (QED) is 0.536. The van der Waals surface area contributed by atoms with Crippen molar-refractivity contribution in [1.29, 1.82) is 0 Å². The Hall–Kier alpha value is -1.90. The van der Waals surface area contributed by atoms with E-state index in [-0.39, 0.29) is 11.4 Å². The molecule has 0 bridgehead atoms. The Kier molecular flexibility index (Phi) is 3.84. The molecule has 4 N–H and O–H groups in total. The molecule has 0 saturated carbocycles. The number of nitrogens with two attached hydrogens (primary N) is 1. The van der Waals surface area contributed by atoms with Crippen LogP contribution < -0.4 is 16.0 Å². The number of nitrogen functional groups attached to an aromatic ring is 1. The zero-order chi connectivity index (χ0) is 13.9. The highest BCUT2D eigenvalue weighted by Gasteiger charge is 2.17. The van der Waals surface area contributed by atoms with Gasteiger partial charge in [-0.3, -0.25) is 10.5 Å². The summed E-state index contributed by atoms with van der Waals surface area (Å²) in [5, 5.41) is 3.97. The highest BCUT2D eigenvalue weighted by atomic mass is 32.2. The fourth-order valence-electron chi connectivity index (χ4n) is 1.64. The van der Waals surface area contributed by atoms with Gasteiger partial charge in [-0.05, 0) is 18.2 Å². The van der Waals surface area contributed by atoms with E-state index in [9.17, 15) is 8.42 Å². The standard InChI is InChI=1S/C11H15N5O2S/c1-16-9(6-7-13-16)8-14-19(17,18)11-5-3-2-4-10(11)15-12/h2-7,14-15H,8,12H2,1H3. The Morgan fingerprint density at radius 2 is 2.05 bits per heavy atom. The van der Waals surface area contributed by atoms with Crippen LogP contribution in [0.25, 0.3) is 0 Å². The van der Waals surface area contributed by atoms with Crippen molar-refractivity contribution < 1.29 is 8.42 Å². The second-order valence-corrected chi connectivity index (χ2v) is 5.65. The van der Waals surface area contributed by atoms with Gasteiger partial charge in [-0.25, -0.2) is 13.1 Å². The van der Waals surface area contributed by atoms with E-state index in [1.807, 2.05) is 0 Å². The third-order valence-electron chi connectivity index (χ3n) is 2.70. The molecule has 19 heavy (non-hydrogen) atoms. The van der Waals surface area contributed by atoms with E-state index in [1.165, 1.54) is 6.07 Å². The molecular formula is C11H15N5O2S. The number of nitrogens with zero attached hydrogens (tertiary/aromatic N) is 2. The first-order valence-corrected chi connectivity index (χ1v) is 7.05. The van der Waals surface area contributed by atoms with Crippen LogP contribution in [0.15, 0.2) is 41.4 Å². The topological polar surface area (TPSA) is 102 Å². The molecule has 0 fully saturated rings. The van der Waals surface area contributed by atoms with Gasteiger partial charge < -0.3 is 5.43 Å². The SMILES string of the molecule is Cn1nccc1CNS(=O)(=O)c1ccccc1NN. The molecular weight excluding hydrogens is 266 g/mol. The lowest BCUT2D eigenvalue weighted by atomic mass is 10.3. The fraction of sp³-hybridized carbons (Fsp3) is 0.182. The van der Waals surface area contributed by atoms with E-state index in [2.05, 4.69) is 15.2 Å². The van der Waals surface area contributed by atoms with Gasteiger partial charge in [0.15, 0.2) is 0 Å². The highest BCUT2D eigenvalue weighted by molar-refractivity contribution is 7.89. The molecule has 0 unspecified atom stereocenters. The number of nitrogens with one attached hydrogen (secondary N) is 2. The van der Waals surface area contributed by atoms with Gasteiger partial charge in [0.05, 0.1) is 17.9 Å². The minimum Gasteiger partial charge on any atom is -0.323 e. The Labute approximate surface area is 111 Å². The molecule has 0 aliphatic carbocycles. The van der Waals surface area contributed by atoms with Crippen LogP contribution in [0.5, 0.6) is 0 Å². The summed E-state index contributed by atoms with van der Waals surface area (Å²) in [6.07, 6.45) is 1.61. The number of sulfonamides is 1.